The van der Waals surface area contributed by atoms with Crippen LogP contribution in [0.15, 0.2) is 0 Å². The van der Waals surface area contributed by atoms with Crippen molar-refractivity contribution in [2.75, 3.05) is 32.7 Å². The van der Waals surface area contributed by atoms with E-state index in [9.17, 15) is 0 Å². The lowest BCUT2D eigenvalue weighted by atomic mass is 10.2. The van der Waals surface area contributed by atoms with Gasteiger partial charge in [0.25, 0.3) is 0 Å². The van der Waals surface area contributed by atoms with Gasteiger partial charge in [-0.2, -0.15) is 10.5 Å². The largest absolute Gasteiger partial charge is 0.288 e. The van der Waals surface area contributed by atoms with Crippen molar-refractivity contribution in [2.45, 2.75) is 13.0 Å². The second kappa shape index (κ2) is 4.81. The molecular formula is C9H14N4. The van der Waals surface area contributed by atoms with Gasteiger partial charge in [-0.15, -0.1) is 0 Å². The second-order valence-electron chi connectivity index (χ2n) is 3.37. The summed E-state index contributed by atoms with van der Waals surface area (Å²) >= 11 is 0. The number of nitriles is 2. The third kappa shape index (κ3) is 2.69. The number of hydrogen-bond donors (Lipinski definition) is 0. The molecule has 0 unspecified atom stereocenters. The Balaban J connectivity index is 2.39. The van der Waals surface area contributed by atoms with Crippen molar-refractivity contribution in [3.63, 3.8) is 0 Å². The van der Waals surface area contributed by atoms with Gasteiger partial charge in [-0.1, -0.05) is 0 Å². The lowest BCUT2D eigenvalue weighted by Crippen LogP contribution is -2.51. The quantitative estimate of drug-likeness (QED) is 0.560. The lowest BCUT2D eigenvalue weighted by Gasteiger charge is -2.37. The van der Waals surface area contributed by atoms with Crippen LogP contribution in [0.1, 0.15) is 6.92 Å². The van der Waals surface area contributed by atoms with E-state index in [1.54, 1.807) is 0 Å². The van der Waals surface area contributed by atoms with Crippen LogP contribution in [-0.2, 0) is 0 Å². The third-order valence-corrected chi connectivity index (χ3v) is 2.42. The first-order chi connectivity index (χ1) is 6.27. The average Bonchev–Trinajstić information content (AvgIpc) is 2.10. The van der Waals surface area contributed by atoms with Crippen LogP contribution in [-0.4, -0.2) is 48.6 Å². The standard InChI is InChI=1S/C9H14N4/c1-9-8-12(4-2-10)6-7-13(9)5-3-11/h9H,4-8H2,1H3/t9-/m1/s1. The first-order valence-corrected chi connectivity index (χ1v) is 4.48. The predicted octanol–water partition coefficient (Wildman–Crippen LogP) is 0.0397. The molecule has 1 heterocycles. The Morgan fingerprint density at radius 1 is 1.23 bits per heavy atom. The highest BCUT2D eigenvalue weighted by Crippen LogP contribution is 2.07. The SMILES string of the molecule is C[C@@H]1CN(CC#N)CCN1CC#N. The summed E-state index contributed by atoms with van der Waals surface area (Å²) in [5.74, 6) is 0. The minimum absolute atomic E-state index is 0.391. The molecule has 1 aliphatic heterocycles. The zero-order valence-electron chi connectivity index (χ0n) is 7.90. The normalized spacial score (nSPS) is 25.0. The molecule has 0 aromatic heterocycles. The van der Waals surface area contributed by atoms with E-state index in [1.807, 2.05) is 0 Å². The van der Waals surface area contributed by atoms with E-state index < -0.39 is 0 Å². The fraction of sp³-hybridized carbons (Fsp3) is 0.778. The molecule has 13 heavy (non-hydrogen) atoms. The Bertz CT molecular complexity index is 237. The zero-order valence-corrected chi connectivity index (χ0v) is 7.90. The molecule has 1 fully saturated rings. The van der Waals surface area contributed by atoms with Crippen LogP contribution < -0.4 is 0 Å². The molecule has 1 rings (SSSR count). The molecule has 0 amide bonds. The molecule has 4 heteroatoms. The van der Waals surface area contributed by atoms with E-state index in [4.69, 9.17) is 10.5 Å². The minimum Gasteiger partial charge on any atom is -0.288 e. The Morgan fingerprint density at radius 2 is 1.92 bits per heavy atom. The Hall–Kier alpha value is -1.10. The highest BCUT2D eigenvalue weighted by Gasteiger charge is 2.22. The molecule has 0 aromatic rings. The first kappa shape index (κ1) is 9.98. The van der Waals surface area contributed by atoms with Crippen LogP contribution in [0.4, 0.5) is 0 Å². The summed E-state index contributed by atoms with van der Waals surface area (Å²) in [5.41, 5.74) is 0. The summed E-state index contributed by atoms with van der Waals surface area (Å²) in [4.78, 5) is 4.27. The molecule has 0 saturated carbocycles. The minimum atomic E-state index is 0.391. The van der Waals surface area contributed by atoms with E-state index in [1.165, 1.54) is 0 Å². The fourth-order valence-corrected chi connectivity index (χ4v) is 1.64. The molecule has 4 nitrogen and oxygen atoms in total. The van der Waals surface area contributed by atoms with Crippen molar-refractivity contribution in [1.82, 2.24) is 9.80 Å². The number of nitrogens with zero attached hydrogens (tertiary/aromatic N) is 4. The molecule has 70 valence electrons. The van der Waals surface area contributed by atoms with Crippen LogP contribution in [0, 0.1) is 22.7 Å². The summed E-state index contributed by atoms with van der Waals surface area (Å²) < 4.78 is 0. The van der Waals surface area contributed by atoms with Gasteiger partial charge < -0.3 is 0 Å². The Kier molecular flexibility index (Phi) is 3.70. The van der Waals surface area contributed by atoms with Crippen molar-refractivity contribution in [3.8, 4) is 12.1 Å². The van der Waals surface area contributed by atoms with Crippen molar-refractivity contribution >= 4 is 0 Å². The van der Waals surface area contributed by atoms with Crippen molar-refractivity contribution < 1.29 is 0 Å². The average molecular weight is 178 g/mol. The monoisotopic (exact) mass is 178 g/mol. The molecule has 0 aromatic carbocycles. The van der Waals surface area contributed by atoms with Crippen LogP contribution in [0.3, 0.4) is 0 Å². The van der Waals surface area contributed by atoms with Gasteiger partial charge in [0.1, 0.15) is 0 Å². The number of hydrogen-bond acceptors (Lipinski definition) is 4. The molecular weight excluding hydrogens is 164 g/mol. The third-order valence-electron chi connectivity index (χ3n) is 2.42. The van der Waals surface area contributed by atoms with Gasteiger partial charge in [0.05, 0.1) is 25.2 Å². The van der Waals surface area contributed by atoms with Gasteiger partial charge in [-0.3, -0.25) is 9.80 Å². The maximum Gasteiger partial charge on any atom is 0.0869 e. The van der Waals surface area contributed by atoms with Crippen molar-refractivity contribution in [3.05, 3.63) is 0 Å². The van der Waals surface area contributed by atoms with Crippen LogP contribution >= 0.6 is 0 Å². The zero-order chi connectivity index (χ0) is 9.68. The van der Waals surface area contributed by atoms with Crippen LogP contribution in [0.2, 0.25) is 0 Å². The maximum absolute atomic E-state index is 8.55. The van der Waals surface area contributed by atoms with Gasteiger partial charge in [-0.25, -0.2) is 0 Å². The molecule has 0 bridgehead atoms. The molecule has 0 N–H and O–H groups in total. The summed E-state index contributed by atoms with van der Waals surface area (Å²) in [5, 5.41) is 17.1. The van der Waals surface area contributed by atoms with E-state index in [0.717, 1.165) is 19.6 Å². The van der Waals surface area contributed by atoms with Gasteiger partial charge in [0, 0.05) is 25.7 Å². The molecule has 1 saturated heterocycles. The Labute approximate surface area is 79.0 Å². The van der Waals surface area contributed by atoms with Gasteiger partial charge >= 0.3 is 0 Å². The fourth-order valence-electron chi connectivity index (χ4n) is 1.64. The maximum atomic E-state index is 8.55. The van der Waals surface area contributed by atoms with Gasteiger partial charge in [-0.05, 0) is 6.92 Å². The van der Waals surface area contributed by atoms with E-state index >= 15 is 0 Å². The van der Waals surface area contributed by atoms with E-state index in [-0.39, 0.29) is 0 Å². The van der Waals surface area contributed by atoms with E-state index in [0.29, 0.717) is 19.1 Å². The van der Waals surface area contributed by atoms with Crippen molar-refractivity contribution in [1.29, 1.82) is 10.5 Å². The smallest absolute Gasteiger partial charge is 0.0869 e. The van der Waals surface area contributed by atoms with Gasteiger partial charge in [0.15, 0.2) is 0 Å². The number of piperazine rings is 1. The molecule has 0 spiro atoms. The molecule has 1 atom stereocenters. The topological polar surface area (TPSA) is 54.1 Å². The van der Waals surface area contributed by atoms with Crippen LogP contribution in [0.5, 0.6) is 0 Å². The van der Waals surface area contributed by atoms with E-state index in [2.05, 4.69) is 28.9 Å². The van der Waals surface area contributed by atoms with Crippen molar-refractivity contribution in [2.24, 2.45) is 0 Å². The summed E-state index contributed by atoms with van der Waals surface area (Å²) in [7, 11) is 0. The predicted molar refractivity (Wildman–Crippen MR) is 48.7 cm³/mol. The summed E-state index contributed by atoms with van der Waals surface area (Å²) in [6.07, 6.45) is 0. The highest BCUT2D eigenvalue weighted by molar-refractivity contribution is 4.88. The van der Waals surface area contributed by atoms with Crippen LogP contribution in [0.25, 0.3) is 0 Å². The first-order valence-electron chi connectivity index (χ1n) is 4.48. The number of rotatable bonds is 2. The van der Waals surface area contributed by atoms with Gasteiger partial charge in [0.2, 0.25) is 0 Å². The molecule has 0 radical (unpaired) electrons. The Morgan fingerprint density at radius 3 is 2.46 bits per heavy atom. The summed E-state index contributed by atoms with van der Waals surface area (Å²) in [6, 6.07) is 4.69. The lowest BCUT2D eigenvalue weighted by molar-refractivity contribution is 0.104. The summed E-state index contributed by atoms with van der Waals surface area (Å²) in [6.45, 7) is 5.80. The molecule has 0 aliphatic carbocycles. The highest BCUT2D eigenvalue weighted by atomic mass is 15.3. The molecule has 1 aliphatic rings. The second-order valence-corrected chi connectivity index (χ2v) is 3.37.